The second-order valence-corrected chi connectivity index (χ2v) is 6.37. The van der Waals surface area contributed by atoms with E-state index in [4.69, 9.17) is 0 Å². The van der Waals surface area contributed by atoms with E-state index in [0.717, 1.165) is 11.2 Å². The summed E-state index contributed by atoms with van der Waals surface area (Å²) in [7, 11) is 2.07. The maximum Gasteiger partial charge on any atom is 0.0175 e. The predicted octanol–water partition coefficient (Wildman–Crippen LogP) is 1.81. The van der Waals surface area contributed by atoms with Gasteiger partial charge in [0, 0.05) is 18.3 Å². The molecule has 0 saturated carbocycles. The lowest BCUT2D eigenvalue weighted by Crippen LogP contribution is -2.31. The number of thioether (sulfide) groups is 1. The zero-order valence-corrected chi connectivity index (χ0v) is 10.7. The van der Waals surface area contributed by atoms with E-state index in [-0.39, 0.29) is 0 Å². The summed E-state index contributed by atoms with van der Waals surface area (Å²) in [5, 5.41) is 4.24. The molecule has 0 amide bonds. The Bertz CT molecular complexity index is 180. The van der Waals surface area contributed by atoms with Crippen molar-refractivity contribution >= 4 is 11.8 Å². The van der Waals surface area contributed by atoms with E-state index in [1.807, 2.05) is 0 Å². The largest absolute Gasteiger partial charge is 0.319 e. The van der Waals surface area contributed by atoms with Crippen LogP contribution in [0.5, 0.6) is 0 Å². The molecule has 2 heterocycles. The topological polar surface area (TPSA) is 15.3 Å². The molecule has 0 radical (unpaired) electrons. The fraction of sp³-hybridized carbons (Fsp3) is 1.00. The Morgan fingerprint density at radius 2 is 2.27 bits per heavy atom. The van der Waals surface area contributed by atoms with E-state index in [1.54, 1.807) is 0 Å². The van der Waals surface area contributed by atoms with Crippen LogP contribution in [0.2, 0.25) is 0 Å². The smallest absolute Gasteiger partial charge is 0.0175 e. The molecule has 0 spiro atoms. The number of likely N-dealkylation sites (tertiary alicyclic amines) is 1. The summed E-state index contributed by atoms with van der Waals surface area (Å²) in [6.45, 7) is 5.22. The van der Waals surface area contributed by atoms with Crippen LogP contribution in [0.25, 0.3) is 0 Å². The third kappa shape index (κ3) is 3.65. The van der Waals surface area contributed by atoms with E-state index in [1.165, 1.54) is 57.6 Å². The van der Waals surface area contributed by atoms with Crippen LogP contribution in [0.1, 0.15) is 25.7 Å². The van der Waals surface area contributed by atoms with Gasteiger partial charge < -0.3 is 10.2 Å². The molecule has 2 unspecified atom stereocenters. The predicted molar refractivity (Wildman–Crippen MR) is 68.6 cm³/mol. The highest BCUT2D eigenvalue weighted by Crippen LogP contribution is 2.27. The highest BCUT2D eigenvalue weighted by atomic mass is 32.2. The minimum absolute atomic E-state index is 0.906. The molecule has 0 aliphatic carbocycles. The Balaban J connectivity index is 1.67. The molecule has 0 bridgehead atoms. The normalized spacial score (nSPS) is 33.4. The van der Waals surface area contributed by atoms with E-state index < -0.39 is 0 Å². The van der Waals surface area contributed by atoms with E-state index >= 15 is 0 Å². The van der Waals surface area contributed by atoms with Crippen molar-refractivity contribution in [1.82, 2.24) is 10.2 Å². The average molecular weight is 228 g/mol. The molecule has 3 heteroatoms. The van der Waals surface area contributed by atoms with Crippen LogP contribution < -0.4 is 5.32 Å². The lowest BCUT2D eigenvalue weighted by molar-refractivity contribution is 0.317. The number of nitrogens with zero attached hydrogens (tertiary/aromatic N) is 1. The molecule has 88 valence electrons. The van der Waals surface area contributed by atoms with Crippen molar-refractivity contribution in [3.63, 3.8) is 0 Å². The van der Waals surface area contributed by atoms with Crippen LogP contribution in [0.4, 0.5) is 0 Å². The number of nitrogens with one attached hydrogen (secondary N) is 1. The summed E-state index contributed by atoms with van der Waals surface area (Å²) in [5.74, 6) is 2.31. The van der Waals surface area contributed by atoms with Gasteiger partial charge in [-0.05, 0) is 51.1 Å². The Kier molecular flexibility index (Phi) is 4.79. The van der Waals surface area contributed by atoms with Gasteiger partial charge in [0.1, 0.15) is 0 Å². The van der Waals surface area contributed by atoms with Gasteiger partial charge in [-0.25, -0.2) is 0 Å². The lowest BCUT2D eigenvalue weighted by atomic mass is 10.1. The van der Waals surface area contributed by atoms with Crippen molar-refractivity contribution in [3.05, 3.63) is 0 Å². The first-order valence-corrected chi connectivity index (χ1v) is 7.42. The van der Waals surface area contributed by atoms with Crippen molar-refractivity contribution in [2.75, 3.05) is 39.0 Å². The monoisotopic (exact) mass is 228 g/mol. The zero-order chi connectivity index (χ0) is 10.5. The van der Waals surface area contributed by atoms with Crippen molar-refractivity contribution in [2.24, 2.45) is 5.92 Å². The third-order valence-electron chi connectivity index (χ3n) is 3.60. The first-order chi connectivity index (χ1) is 7.38. The van der Waals surface area contributed by atoms with Crippen molar-refractivity contribution in [1.29, 1.82) is 0 Å². The van der Waals surface area contributed by atoms with Crippen molar-refractivity contribution in [3.8, 4) is 0 Å². The molecule has 1 N–H and O–H groups in total. The van der Waals surface area contributed by atoms with Crippen LogP contribution in [-0.2, 0) is 0 Å². The second-order valence-electron chi connectivity index (χ2n) is 4.96. The van der Waals surface area contributed by atoms with E-state index in [9.17, 15) is 0 Å². The summed E-state index contributed by atoms with van der Waals surface area (Å²) in [6.07, 6.45) is 5.77. The van der Waals surface area contributed by atoms with Crippen LogP contribution in [0.3, 0.4) is 0 Å². The number of hydrogen-bond donors (Lipinski definition) is 1. The average Bonchev–Trinajstić information content (AvgIpc) is 2.68. The fourth-order valence-corrected chi connectivity index (χ4v) is 4.13. The summed E-state index contributed by atoms with van der Waals surface area (Å²) < 4.78 is 0. The second kappa shape index (κ2) is 6.12. The van der Waals surface area contributed by atoms with Gasteiger partial charge in [0.25, 0.3) is 0 Å². The molecule has 0 aromatic rings. The summed E-state index contributed by atoms with van der Waals surface area (Å²) in [5.41, 5.74) is 0. The molecule has 2 aliphatic heterocycles. The molecule has 2 atom stereocenters. The Hall–Kier alpha value is 0.270. The van der Waals surface area contributed by atoms with Gasteiger partial charge in [0.05, 0.1) is 0 Å². The first kappa shape index (κ1) is 11.7. The zero-order valence-electron chi connectivity index (χ0n) is 9.87. The third-order valence-corrected chi connectivity index (χ3v) is 4.98. The SMILES string of the molecule is CNCC1CCN(CC2CCCCS2)C1. The molecule has 0 aromatic carbocycles. The summed E-state index contributed by atoms with van der Waals surface area (Å²) in [6, 6.07) is 0. The Labute approximate surface area is 98.2 Å². The quantitative estimate of drug-likeness (QED) is 0.790. The fourth-order valence-electron chi connectivity index (χ4n) is 2.77. The minimum atomic E-state index is 0.906. The molecule has 15 heavy (non-hydrogen) atoms. The van der Waals surface area contributed by atoms with Gasteiger partial charge in [-0.15, -0.1) is 0 Å². The highest BCUT2D eigenvalue weighted by Gasteiger charge is 2.24. The van der Waals surface area contributed by atoms with Crippen LogP contribution >= 0.6 is 11.8 Å². The molecule has 2 rings (SSSR count). The van der Waals surface area contributed by atoms with Gasteiger partial charge in [0.15, 0.2) is 0 Å². The van der Waals surface area contributed by atoms with Gasteiger partial charge in [-0.1, -0.05) is 6.42 Å². The van der Waals surface area contributed by atoms with Crippen LogP contribution in [-0.4, -0.2) is 49.1 Å². The van der Waals surface area contributed by atoms with Gasteiger partial charge in [0.2, 0.25) is 0 Å². The Morgan fingerprint density at radius 3 is 3.00 bits per heavy atom. The maximum atomic E-state index is 3.30. The van der Waals surface area contributed by atoms with E-state index in [0.29, 0.717) is 0 Å². The molecular weight excluding hydrogens is 204 g/mol. The van der Waals surface area contributed by atoms with Crippen molar-refractivity contribution in [2.45, 2.75) is 30.9 Å². The summed E-state index contributed by atoms with van der Waals surface area (Å²) >= 11 is 2.21. The molecule has 2 nitrogen and oxygen atoms in total. The number of rotatable bonds is 4. The molecular formula is C12H24N2S. The molecule has 2 saturated heterocycles. The van der Waals surface area contributed by atoms with Crippen LogP contribution in [0, 0.1) is 5.92 Å². The first-order valence-electron chi connectivity index (χ1n) is 6.37. The summed E-state index contributed by atoms with van der Waals surface area (Å²) in [4.78, 5) is 2.69. The maximum absolute atomic E-state index is 3.30. The lowest BCUT2D eigenvalue weighted by Gasteiger charge is -2.26. The molecule has 2 aliphatic rings. The number of hydrogen-bond acceptors (Lipinski definition) is 3. The van der Waals surface area contributed by atoms with Crippen LogP contribution in [0.15, 0.2) is 0 Å². The van der Waals surface area contributed by atoms with Crippen molar-refractivity contribution < 1.29 is 0 Å². The van der Waals surface area contributed by atoms with Gasteiger partial charge >= 0.3 is 0 Å². The molecule has 2 fully saturated rings. The Morgan fingerprint density at radius 1 is 1.33 bits per heavy atom. The van der Waals surface area contributed by atoms with Gasteiger partial charge in [-0.3, -0.25) is 0 Å². The molecule has 0 aromatic heterocycles. The highest BCUT2D eigenvalue weighted by molar-refractivity contribution is 7.99. The van der Waals surface area contributed by atoms with Gasteiger partial charge in [-0.2, -0.15) is 11.8 Å². The minimum Gasteiger partial charge on any atom is -0.319 e. The standard InChI is InChI=1S/C12H24N2S/c1-13-8-11-5-6-14(9-11)10-12-4-2-3-7-15-12/h11-13H,2-10H2,1H3. The van der Waals surface area contributed by atoms with E-state index in [2.05, 4.69) is 29.0 Å².